The molecule has 2 atom stereocenters. The fraction of sp³-hybridized carbons (Fsp3) is 0.875. The van der Waals surface area contributed by atoms with Gasteiger partial charge in [-0.25, -0.2) is 4.79 Å². The Balaban J connectivity index is 3.56. The minimum Gasteiger partial charge on any atom is -0.481 e. The number of rotatable bonds is 30. The van der Waals surface area contributed by atoms with Crippen molar-refractivity contribution in [1.82, 2.24) is 0 Å². The number of hydrogen-bond acceptors (Lipinski definition) is 8. The highest BCUT2D eigenvalue weighted by Crippen LogP contribution is 2.18. The molecule has 0 saturated heterocycles. The van der Waals surface area contributed by atoms with E-state index in [2.05, 4.69) is 11.7 Å². The second-order valence-electron chi connectivity index (χ2n) is 11.6. The molecule has 0 amide bonds. The van der Waals surface area contributed by atoms with E-state index in [4.69, 9.17) is 14.9 Å². The molecule has 2 unspecified atom stereocenters. The van der Waals surface area contributed by atoms with E-state index in [9.17, 15) is 29.4 Å². The molecule has 0 aliphatic rings. The number of aliphatic hydroxyl groups excluding tert-OH is 1. The Morgan fingerprint density at radius 2 is 0.929 bits per heavy atom. The zero-order chi connectivity index (χ0) is 31.5. The maximum Gasteiger partial charge on any atom is 0.336 e. The zero-order valence-corrected chi connectivity index (χ0v) is 26.0. The van der Waals surface area contributed by atoms with Gasteiger partial charge in [0.25, 0.3) is 0 Å². The maximum absolute atomic E-state index is 11.8. The van der Waals surface area contributed by atoms with E-state index in [1.807, 2.05) is 0 Å². The predicted octanol–water partition coefficient (Wildman–Crippen LogP) is 6.33. The fourth-order valence-electron chi connectivity index (χ4n) is 4.78. The Morgan fingerprint density at radius 1 is 0.571 bits per heavy atom. The van der Waals surface area contributed by atoms with Crippen molar-refractivity contribution in [2.45, 2.75) is 166 Å². The molecule has 0 heterocycles. The highest BCUT2D eigenvalue weighted by Gasteiger charge is 2.41. The third-order valence-electron chi connectivity index (χ3n) is 7.39. The van der Waals surface area contributed by atoms with Gasteiger partial charge in [0.15, 0.2) is 5.60 Å². The lowest BCUT2D eigenvalue weighted by atomic mass is 9.96. The molecule has 0 saturated carbocycles. The normalized spacial score (nSPS) is 13.3. The van der Waals surface area contributed by atoms with Gasteiger partial charge in [0.2, 0.25) is 0 Å². The van der Waals surface area contributed by atoms with Crippen LogP contribution in [-0.2, 0) is 28.7 Å². The molecule has 10 nitrogen and oxygen atoms in total. The Hall–Kier alpha value is -2.20. The van der Waals surface area contributed by atoms with Crippen molar-refractivity contribution in [3.63, 3.8) is 0 Å². The van der Waals surface area contributed by atoms with Gasteiger partial charge >= 0.3 is 23.9 Å². The lowest BCUT2D eigenvalue weighted by Gasteiger charge is -2.20. The Morgan fingerprint density at radius 3 is 1.29 bits per heavy atom. The first-order valence-corrected chi connectivity index (χ1v) is 16.3. The minimum absolute atomic E-state index is 0.228. The van der Waals surface area contributed by atoms with E-state index in [1.165, 1.54) is 103 Å². The Bertz CT molecular complexity index is 726. The quantitative estimate of drug-likeness (QED) is 0.0539. The number of ether oxygens (including phenoxy) is 2. The van der Waals surface area contributed by atoms with Crippen molar-refractivity contribution >= 4 is 23.9 Å². The first-order valence-electron chi connectivity index (χ1n) is 16.3. The Kier molecular flexibility index (Phi) is 25.0. The molecule has 0 aliphatic carbocycles. The van der Waals surface area contributed by atoms with E-state index >= 15 is 0 Å². The van der Waals surface area contributed by atoms with Gasteiger partial charge in [0, 0.05) is 6.42 Å². The average Bonchev–Trinajstić information content (AvgIpc) is 2.93. The van der Waals surface area contributed by atoms with Gasteiger partial charge in [-0.1, -0.05) is 129 Å². The molecular weight excluding hydrogens is 544 g/mol. The lowest BCUT2D eigenvalue weighted by Crippen LogP contribution is -2.43. The molecule has 10 heteroatoms. The molecular formula is C32H58O10. The van der Waals surface area contributed by atoms with Crippen LogP contribution in [0.2, 0.25) is 0 Å². The van der Waals surface area contributed by atoms with Crippen LogP contribution in [0.25, 0.3) is 0 Å². The number of hydrogen-bond donors (Lipinski definition) is 4. The van der Waals surface area contributed by atoms with Gasteiger partial charge in [-0.3, -0.25) is 14.4 Å². The number of carboxylic acid groups (broad SMARTS) is 2. The molecule has 4 N–H and O–H groups in total. The molecule has 0 aromatic heterocycles. The van der Waals surface area contributed by atoms with Crippen molar-refractivity contribution in [1.29, 1.82) is 0 Å². The van der Waals surface area contributed by atoms with Crippen molar-refractivity contribution in [2.75, 3.05) is 13.2 Å². The molecule has 0 spiro atoms. The van der Waals surface area contributed by atoms with Crippen LogP contribution in [0, 0.1) is 0 Å². The molecule has 0 radical (unpaired) electrons. The van der Waals surface area contributed by atoms with Crippen LogP contribution in [0.1, 0.15) is 155 Å². The highest BCUT2D eigenvalue weighted by atomic mass is 16.6. The third-order valence-corrected chi connectivity index (χ3v) is 7.39. The summed E-state index contributed by atoms with van der Waals surface area (Å²) in [5.74, 6) is -5.14. The van der Waals surface area contributed by atoms with Crippen LogP contribution < -0.4 is 0 Å². The van der Waals surface area contributed by atoms with E-state index in [-0.39, 0.29) is 6.42 Å². The maximum atomic E-state index is 11.8. The Labute approximate surface area is 252 Å². The summed E-state index contributed by atoms with van der Waals surface area (Å²) in [6.45, 7) is 1.27. The van der Waals surface area contributed by atoms with Crippen LogP contribution in [0.5, 0.6) is 0 Å². The van der Waals surface area contributed by atoms with Crippen molar-refractivity contribution in [3.05, 3.63) is 0 Å². The topological polar surface area (TPSA) is 168 Å². The third kappa shape index (κ3) is 24.4. The van der Waals surface area contributed by atoms with Crippen molar-refractivity contribution < 1.29 is 49.1 Å². The molecule has 42 heavy (non-hydrogen) atoms. The number of carbonyl (C=O) groups excluding carboxylic acids is 2. The summed E-state index contributed by atoms with van der Waals surface area (Å²) in [6.07, 6.45) is 22.2. The van der Waals surface area contributed by atoms with Crippen LogP contribution >= 0.6 is 0 Å². The highest BCUT2D eigenvalue weighted by molar-refractivity contribution is 5.88. The van der Waals surface area contributed by atoms with Crippen LogP contribution in [0.15, 0.2) is 0 Å². The van der Waals surface area contributed by atoms with Crippen LogP contribution in [0.3, 0.4) is 0 Å². The van der Waals surface area contributed by atoms with Gasteiger partial charge in [0.05, 0.1) is 12.8 Å². The second-order valence-corrected chi connectivity index (χ2v) is 11.6. The predicted molar refractivity (Wildman–Crippen MR) is 160 cm³/mol. The molecule has 0 aromatic carbocycles. The van der Waals surface area contributed by atoms with E-state index in [1.54, 1.807) is 0 Å². The summed E-state index contributed by atoms with van der Waals surface area (Å²) < 4.78 is 9.64. The smallest absolute Gasteiger partial charge is 0.336 e. The van der Waals surface area contributed by atoms with E-state index in [0.717, 1.165) is 19.3 Å². The van der Waals surface area contributed by atoms with Crippen LogP contribution in [-0.4, -0.2) is 69.2 Å². The number of aliphatic hydroxyl groups is 2. The summed E-state index contributed by atoms with van der Waals surface area (Å²) in [5, 5.41) is 37.3. The van der Waals surface area contributed by atoms with Crippen molar-refractivity contribution in [3.8, 4) is 0 Å². The van der Waals surface area contributed by atoms with E-state index < -0.39 is 61.6 Å². The summed E-state index contributed by atoms with van der Waals surface area (Å²) in [4.78, 5) is 45.3. The number of aliphatic carboxylic acids is 2. The molecule has 0 rings (SSSR count). The fourth-order valence-corrected chi connectivity index (χ4v) is 4.78. The number of carboxylic acids is 2. The monoisotopic (exact) mass is 602 g/mol. The van der Waals surface area contributed by atoms with Gasteiger partial charge in [-0.15, -0.1) is 0 Å². The number of unbranched alkanes of at least 4 members (excludes halogenated alkanes) is 19. The zero-order valence-electron chi connectivity index (χ0n) is 26.0. The molecule has 0 aliphatic heterocycles. The summed E-state index contributed by atoms with van der Waals surface area (Å²) in [7, 11) is 0. The summed E-state index contributed by atoms with van der Waals surface area (Å²) >= 11 is 0. The molecule has 0 bridgehead atoms. The largest absolute Gasteiger partial charge is 0.481 e. The minimum atomic E-state index is -2.81. The van der Waals surface area contributed by atoms with Crippen molar-refractivity contribution in [2.24, 2.45) is 0 Å². The summed E-state index contributed by atoms with van der Waals surface area (Å²) in [6, 6.07) is 0. The first kappa shape index (κ1) is 39.8. The van der Waals surface area contributed by atoms with Gasteiger partial charge in [-0.05, 0) is 6.42 Å². The first-order chi connectivity index (χ1) is 20.1. The standard InChI is InChI=1S/C32H58O10/c1-2-3-4-5-6-7-8-9-10-11-12-13-14-15-16-17-18-19-20-21-22-29(36)41-25-27(33)26-42-30(37)24-32(40,31(38)39)23-28(34)35/h27,33,40H,2-26H2,1H3,(H,34,35)(H,38,39). The van der Waals surface area contributed by atoms with Gasteiger partial charge in [-0.2, -0.15) is 0 Å². The molecule has 0 aromatic rings. The molecule has 246 valence electrons. The second kappa shape index (κ2) is 26.4. The average molecular weight is 603 g/mol. The SMILES string of the molecule is CCCCCCCCCCCCCCCCCCCCCCC(=O)OCC(O)COC(=O)CC(O)(CC(=O)O)C(=O)O. The van der Waals surface area contributed by atoms with E-state index in [0.29, 0.717) is 6.42 Å². The number of esters is 2. The number of carbonyl (C=O) groups is 4. The van der Waals surface area contributed by atoms with Crippen LogP contribution in [0.4, 0.5) is 0 Å². The lowest BCUT2D eigenvalue weighted by molar-refractivity contribution is -0.173. The molecule has 0 fully saturated rings. The van der Waals surface area contributed by atoms with Gasteiger partial charge in [0.1, 0.15) is 19.3 Å². The van der Waals surface area contributed by atoms with Gasteiger partial charge < -0.3 is 29.9 Å². The summed E-state index contributed by atoms with van der Waals surface area (Å²) in [5.41, 5.74) is -2.81.